The summed E-state index contributed by atoms with van der Waals surface area (Å²) in [7, 11) is 3.86. The zero-order valence-electron chi connectivity index (χ0n) is 9.98. The number of hydrogen-bond donors (Lipinski definition) is 1. The molecular weight excluding hydrogens is 198 g/mol. The third-order valence-electron chi connectivity index (χ3n) is 2.62. The molecule has 0 heterocycles. The normalized spacial score (nSPS) is 12.4. The van der Waals surface area contributed by atoms with Gasteiger partial charge in [-0.3, -0.25) is 0 Å². The van der Waals surface area contributed by atoms with Crippen LogP contribution < -0.4 is 5.32 Å². The number of nitriles is 1. The maximum Gasteiger partial charge on any atom is 0.108 e. The Bertz CT molecular complexity index is 329. The second kappa shape index (κ2) is 7.00. The Hall–Kier alpha value is -1.37. The van der Waals surface area contributed by atoms with Crippen molar-refractivity contribution >= 4 is 0 Å². The molecule has 1 N–H and O–H groups in total. The smallest absolute Gasteiger partial charge is 0.108 e. The van der Waals surface area contributed by atoms with E-state index in [4.69, 9.17) is 5.26 Å². The van der Waals surface area contributed by atoms with Gasteiger partial charge < -0.3 is 10.2 Å². The molecular formula is C13H19N3. The van der Waals surface area contributed by atoms with Crippen LogP contribution in [0.5, 0.6) is 0 Å². The minimum atomic E-state index is -0.0826. The molecule has 0 bridgehead atoms. The molecule has 0 aliphatic heterocycles. The monoisotopic (exact) mass is 217 g/mol. The van der Waals surface area contributed by atoms with E-state index in [0.29, 0.717) is 0 Å². The zero-order valence-corrected chi connectivity index (χ0v) is 9.98. The predicted octanol–water partition coefficient (Wildman–Crippen LogP) is 1.27. The van der Waals surface area contributed by atoms with Crippen molar-refractivity contribution in [3.63, 3.8) is 0 Å². The summed E-state index contributed by atoms with van der Waals surface area (Å²) in [6.45, 7) is 1.74. The van der Waals surface area contributed by atoms with E-state index in [-0.39, 0.29) is 6.04 Å². The minimum Gasteiger partial charge on any atom is -0.304 e. The lowest BCUT2D eigenvalue weighted by Crippen LogP contribution is -2.37. The first-order valence-electron chi connectivity index (χ1n) is 5.55. The van der Waals surface area contributed by atoms with Crippen LogP contribution in [0.25, 0.3) is 0 Å². The topological polar surface area (TPSA) is 39.1 Å². The quantitative estimate of drug-likeness (QED) is 0.780. The second-order valence-corrected chi connectivity index (χ2v) is 3.97. The number of nitrogens with one attached hydrogen (secondary N) is 1. The summed E-state index contributed by atoms with van der Waals surface area (Å²) in [5.41, 5.74) is 1.34. The molecule has 1 aromatic carbocycles. The third-order valence-corrected chi connectivity index (χ3v) is 2.62. The SMILES string of the molecule is CNC(C#N)CN(C)CCc1ccccc1. The molecule has 3 heteroatoms. The fourth-order valence-corrected chi connectivity index (χ4v) is 1.56. The van der Waals surface area contributed by atoms with Crippen molar-refractivity contribution in [1.82, 2.24) is 10.2 Å². The largest absolute Gasteiger partial charge is 0.304 e. The molecule has 0 radical (unpaired) electrons. The first kappa shape index (κ1) is 12.7. The average Bonchev–Trinajstić information content (AvgIpc) is 2.34. The van der Waals surface area contributed by atoms with Crippen LogP contribution >= 0.6 is 0 Å². The summed E-state index contributed by atoms with van der Waals surface area (Å²) in [5.74, 6) is 0. The third kappa shape index (κ3) is 4.43. The van der Waals surface area contributed by atoms with E-state index in [2.05, 4.69) is 40.6 Å². The van der Waals surface area contributed by atoms with Gasteiger partial charge in [0.05, 0.1) is 6.07 Å². The molecule has 0 spiro atoms. The van der Waals surface area contributed by atoms with Crippen LogP contribution in [0.2, 0.25) is 0 Å². The first-order chi connectivity index (χ1) is 7.76. The van der Waals surface area contributed by atoms with Crippen molar-refractivity contribution in [2.24, 2.45) is 0 Å². The Balaban J connectivity index is 2.30. The molecule has 16 heavy (non-hydrogen) atoms. The van der Waals surface area contributed by atoms with Crippen LogP contribution in [0.1, 0.15) is 5.56 Å². The van der Waals surface area contributed by atoms with Gasteiger partial charge in [-0.15, -0.1) is 0 Å². The van der Waals surface area contributed by atoms with Crippen LogP contribution in [-0.2, 0) is 6.42 Å². The number of likely N-dealkylation sites (N-methyl/N-ethyl adjacent to an activating group) is 2. The number of rotatable bonds is 6. The highest BCUT2D eigenvalue weighted by Crippen LogP contribution is 2.00. The molecule has 1 rings (SSSR count). The second-order valence-electron chi connectivity index (χ2n) is 3.97. The van der Waals surface area contributed by atoms with Gasteiger partial charge in [0.25, 0.3) is 0 Å². The summed E-state index contributed by atoms with van der Waals surface area (Å²) < 4.78 is 0. The molecule has 0 saturated heterocycles. The van der Waals surface area contributed by atoms with Gasteiger partial charge in [-0.1, -0.05) is 30.3 Å². The summed E-state index contributed by atoms with van der Waals surface area (Å²) >= 11 is 0. The van der Waals surface area contributed by atoms with Crippen LogP contribution in [0.3, 0.4) is 0 Å². The fourth-order valence-electron chi connectivity index (χ4n) is 1.56. The Morgan fingerprint density at radius 2 is 2.06 bits per heavy atom. The van der Waals surface area contributed by atoms with Crippen LogP contribution in [0, 0.1) is 11.3 Å². The molecule has 0 fully saturated rings. The minimum absolute atomic E-state index is 0.0826. The van der Waals surface area contributed by atoms with Gasteiger partial charge in [-0.05, 0) is 26.1 Å². The van der Waals surface area contributed by atoms with Crippen LogP contribution in [0.4, 0.5) is 0 Å². The van der Waals surface area contributed by atoms with Gasteiger partial charge in [0.2, 0.25) is 0 Å². The highest BCUT2D eigenvalue weighted by atomic mass is 15.1. The Labute approximate surface area is 97.7 Å². The summed E-state index contributed by atoms with van der Waals surface area (Å²) in [6, 6.07) is 12.6. The molecule has 0 aliphatic rings. The Kier molecular flexibility index (Phi) is 5.55. The maximum absolute atomic E-state index is 8.82. The number of hydrogen-bond acceptors (Lipinski definition) is 3. The van der Waals surface area contributed by atoms with E-state index in [0.717, 1.165) is 19.5 Å². The predicted molar refractivity (Wildman–Crippen MR) is 66.1 cm³/mol. The van der Waals surface area contributed by atoms with E-state index >= 15 is 0 Å². The molecule has 3 nitrogen and oxygen atoms in total. The fraction of sp³-hybridized carbons (Fsp3) is 0.462. The molecule has 86 valence electrons. The average molecular weight is 217 g/mol. The number of nitrogens with zero attached hydrogens (tertiary/aromatic N) is 2. The molecule has 1 atom stereocenters. The lowest BCUT2D eigenvalue weighted by atomic mass is 10.1. The van der Waals surface area contributed by atoms with E-state index in [1.54, 1.807) is 0 Å². The molecule has 0 aromatic heterocycles. The van der Waals surface area contributed by atoms with Gasteiger partial charge in [-0.25, -0.2) is 0 Å². The summed E-state index contributed by atoms with van der Waals surface area (Å²) in [6.07, 6.45) is 1.03. The van der Waals surface area contributed by atoms with Crippen molar-refractivity contribution in [2.75, 3.05) is 27.2 Å². The molecule has 0 amide bonds. The first-order valence-corrected chi connectivity index (χ1v) is 5.55. The lowest BCUT2D eigenvalue weighted by molar-refractivity contribution is 0.319. The maximum atomic E-state index is 8.82. The summed E-state index contributed by atoms with van der Waals surface area (Å²) in [5, 5.41) is 11.8. The van der Waals surface area contributed by atoms with E-state index < -0.39 is 0 Å². The number of benzene rings is 1. The van der Waals surface area contributed by atoms with Crippen molar-refractivity contribution in [2.45, 2.75) is 12.5 Å². The van der Waals surface area contributed by atoms with E-state index in [1.807, 2.05) is 20.2 Å². The molecule has 0 saturated carbocycles. The van der Waals surface area contributed by atoms with Crippen molar-refractivity contribution in [3.8, 4) is 6.07 Å². The lowest BCUT2D eigenvalue weighted by Gasteiger charge is -2.19. The van der Waals surface area contributed by atoms with Crippen molar-refractivity contribution < 1.29 is 0 Å². The van der Waals surface area contributed by atoms with Crippen LogP contribution in [0.15, 0.2) is 30.3 Å². The van der Waals surface area contributed by atoms with Crippen molar-refractivity contribution in [1.29, 1.82) is 5.26 Å². The Morgan fingerprint density at radius 1 is 1.38 bits per heavy atom. The van der Waals surface area contributed by atoms with Gasteiger partial charge in [0.1, 0.15) is 6.04 Å². The zero-order chi connectivity index (χ0) is 11.8. The van der Waals surface area contributed by atoms with E-state index in [9.17, 15) is 0 Å². The highest BCUT2D eigenvalue weighted by Gasteiger charge is 2.07. The highest BCUT2D eigenvalue weighted by molar-refractivity contribution is 5.14. The van der Waals surface area contributed by atoms with Crippen molar-refractivity contribution in [3.05, 3.63) is 35.9 Å². The van der Waals surface area contributed by atoms with Gasteiger partial charge in [-0.2, -0.15) is 5.26 Å². The molecule has 0 aliphatic carbocycles. The molecule has 1 unspecified atom stereocenters. The van der Waals surface area contributed by atoms with Crippen LogP contribution in [-0.4, -0.2) is 38.1 Å². The van der Waals surface area contributed by atoms with Gasteiger partial charge in [0, 0.05) is 13.1 Å². The molecule has 1 aromatic rings. The summed E-state index contributed by atoms with van der Waals surface area (Å²) in [4.78, 5) is 2.18. The van der Waals surface area contributed by atoms with Gasteiger partial charge >= 0.3 is 0 Å². The standard InChI is InChI=1S/C13H19N3/c1-15-13(10-14)11-16(2)9-8-12-6-4-3-5-7-12/h3-7,13,15H,8-9,11H2,1-2H3. The Morgan fingerprint density at radius 3 is 2.62 bits per heavy atom. The van der Waals surface area contributed by atoms with Gasteiger partial charge in [0.15, 0.2) is 0 Å². The van der Waals surface area contributed by atoms with E-state index in [1.165, 1.54) is 5.56 Å².